The number of nitriles is 1. The van der Waals surface area contributed by atoms with Gasteiger partial charge in [-0.1, -0.05) is 25.5 Å². The summed E-state index contributed by atoms with van der Waals surface area (Å²) in [5.41, 5.74) is 6.75. The molecule has 0 aliphatic heterocycles. The Bertz CT molecular complexity index is 340. The first kappa shape index (κ1) is 12.5. The van der Waals surface area contributed by atoms with Gasteiger partial charge in [-0.2, -0.15) is 5.26 Å². The van der Waals surface area contributed by atoms with Gasteiger partial charge in [0.15, 0.2) is 0 Å². The average Bonchev–Trinajstić information content (AvgIpc) is 2.34. The third kappa shape index (κ3) is 4.33. The number of rotatable bonds is 6. The Kier molecular flexibility index (Phi) is 5.38. The molecule has 3 nitrogen and oxygen atoms in total. The molecule has 0 aliphatic rings. The van der Waals surface area contributed by atoms with Crippen LogP contribution >= 0.6 is 0 Å². The van der Waals surface area contributed by atoms with Gasteiger partial charge in [-0.25, -0.2) is 0 Å². The fourth-order valence-electron chi connectivity index (χ4n) is 1.36. The predicted octanol–water partition coefficient (Wildman–Crippen LogP) is 2.26. The number of nitrogens with zero attached hydrogens (tertiary/aromatic N) is 1. The highest BCUT2D eigenvalue weighted by molar-refractivity contribution is 5.27. The lowest BCUT2D eigenvalue weighted by Gasteiger charge is -2.07. The average molecular weight is 218 g/mol. The van der Waals surface area contributed by atoms with Crippen LogP contribution in [0.4, 0.5) is 0 Å². The topological polar surface area (TPSA) is 59.0 Å². The van der Waals surface area contributed by atoms with E-state index in [1.807, 2.05) is 18.2 Å². The molecule has 1 unspecified atom stereocenters. The number of benzene rings is 1. The van der Waals surface area contributed by atoms with Gasteiger partial charge < -0.3 is 10.5 Å². The van der Waals surface area contributed by atoms with Crippen molar-refractivity contribution in [3.63, 3.8) is 0 Å². The summed E-state index contributed by atoms with van der Waals surface area (Å²) in [6, 6.07) is 9.34. The quantitative estimate of drug-likeness (QED) is 0.796. The Hall–Kier alpha value is -1.53. The SMILES string of the molecule is CCCCc1ccc(OCC(N)C#N)cc1. The van der Waals surface area contributed by atoms with Crippen molar-refractivity contribution in [1.29, 1.82) is 5.26 Å². The van der Waals surface area contributed by atoms with E-state index >= 15 is 0 Å². The Labute approximate surface area is 96.8 Å². The molecule has 1 atom stereocenters. The van der Waals surface area contributed by atoms with E-state index in [9.17, 15) is 0 Å². The van der Waals surface area contributed by atoms with Gasteiger partial charge in [0.1, 0.15) is 18.4 Å². The second-order valence-corrected chi connectivity index (χ2v) is 3.79. The highest BCUT2D eigenvalue weighted by Crippen LogP contribution is 2.13. The van der Waals surface area contributed by atoms with Gasteiger partial charge in [0, 0.05) is 0 Å². The lowest BCUT2D eigenvalue weighted by Crippen LogP contribution is -2.25. The number of unbranched alkanes of at least 4 members (excludes halogenated alkanes) is 1. The van der Waals surface area contributed by atoms with E-state index < -0.39 is 6.04 Å². The largest absolute Gasteiger partial charge is 0.491 e. The Morgan fingerprint density at radius 3 is 2.62 bits per heavy atom. The summed E-state index contributed by atoms with van der Waals surface area (Å²) in [6.45, 7) is 2.42. The summed E-state index contributed by atoms with van der Waals surface area (Å²) in [5, 5.41) is 8.50. The summed E-state index contributed by atoms with van der Waals surface area (Å²) in [5.74, 6) is 0.769. The maximum atomic E-state index is 8.50. The van der Waals surface area contributed by atoms with Crippen LogP contribution in [0.3, 0.4) is 0 Å². The molecule has 3 heteroatoms. The van der Waals surface area contributed by atoms with Gasteiger partial charge in [0.25, 0.3) is 0 Å². The maximum absolute atomic E-state index is 8.50. The van der Waals surface area contributed by atoms with Crippen LogP contribution in [0.15, 0.2) is 24.3 Å². The molecule has 0 aliphatic carbocycles. The van der Waals surface area contributed by atoms with E-state index in [1.54, 1.807) is 0 Å². The minimum absolute atomic E-state index is 0.241. The highest BCUT2D eigenvalue weighted by atomic mass is 16.5. The standard InChI is InChI=1S/C13H18N2O/c1-2-3-4-11-5-7-13(8-6-11)16-10-12(15)9-14/h5-8,12H,2-4,10,15H2,1H3. The van der Waals surface area contributed by atoms with Crippen molar-refractivity contribution < 1.29 is 4.74 Å². The summed E-state index contributed by atoms with van der Waals surface area (Å²) in [4.78, 5) is 0. The minimum Gasteiger partial charge on any atom is -0.491 e. The smallest absolute Gasteiger partial charge is 0.127 e. The van der Waals surface area contributed by atoms with Crippen molar-refractivity contribution in [2.24, 2.45) is 5.73 Å². The van der Waals surface area contributed by atoms with Crippen LogP contribution in [0, 0.1) is 11.3 Å². The fourth-order valence-corrected chi connectivity index (χ4v) is 1.36. The summed E-state index contributed by atoms with van der Waals surface area (Å²) >= 11 is 0. The normalized spacial score (nSPS) is 11.8. The predicted molar refractivity (Wildman–Crippen MR) is 64.1 cm³/mol. The molecule has 16 heavy (non-hydrogen) atoms. The molecule has 0 amide bonds. The lowest BCUT2D eigenvalue weighted by atomic mass is 10.1. The van der Waals surface area contributed by atoms with Gasteiger partial charge in [-0.05, 0) is 30.5 Å². The number of nitrogens with two attached hydrogens (primary N) is 1. The van der Waals surface area contributed by atoms with Crippen LogP contribution in [-0.4, -0.2) is 12.6 Å². The van der Waals surface area contributed by atoms with E-state index in [1.165, 1.54) is 18.4 Å². The molecule has 0 saturated heterocycles. The monoisotopic (exact) mass is 218 g/mol. The van der Waals surface area contributed by atoms with Crippen molar-refractivity contribution >= 4 is 0 Å². The molecule has 0 bridgehead atoms. The van der Waals surface area contributed by atoms with Crippen molar-refractivity contribution in [1.82, 2.24) is 0 Å². The third-order valence-corrected chi connectivity index (χ3v) is 2.34. The molecule has 0 aromatic heterocycles. The molecule has 0 spiro atoms. The molecule has 1 aromatic rings. The number of hydrogen-bond donors (Lipinski definition) is 1. The van der Waals surface area contributed by atoms with Crippen LogP contribution in [0.1, 0.15) is 25.3 Å². The maximum Gasteiger partial charge on any atom is 0.127 e. The highest BCUT2D eigenvalue weighted by Gasteiger charge is 2.01. The van der Waals surface area contributed by atoms with E-state index in [4.69, 9.17) is 15.7 Å². The van der Waals surface area contributed by atoms with E-state index in [0.717, 1.165) is 12.2 Å². The van der Waals surface area contributed by atoms with Crippen LogP contribution in [0.2, 0.25) is 0 Å². The number of aryl methyl sites for hydroxylation is 1. The molecule has 1 aromatic carbocycles. The first-order valence-electron chi connectivity index (χ1n) is 5.63. The van der Waals surface area contributed by atoms with Crippen LogP contribution < -0.4 is 10.5 Å². The lowest BCUT2D eigenvalue weighted by molar-refractivity contribution is 0.308. The summed E-state index contributed by atoms with van der Waals surface area (Å²) in [6.07, 6.45) is 3.52. The molecule has 0 heterocycles. The summed E-state index contributed by atoms with van der Waals surface area (Å²) in [7, 11) is 0. The Morgan fingerprint density at radius 1 is 1.38 bits per heavy atom. The minimum atomic E-state index is -0.556. The zero-order valence-electron chi connectivity index (χ0n) is 9.65. The molecule has 0 radical (unpaired) electrons. The molecule has 86 valence electrons. The van der Waals surface area contributed by atoms with Gasteiger partial charge in [0.05, 0.1) is 6.07 Å². The van der Waals surface area contributed by atoms with Crippen LogP contribution in [-0.2, 0) is 6.42 Å². The van der Waals surface area contributed by atoms with E-state index in [2.05, 4.69) is 19.1 Å². The van der Waals surface area contributed by atoms with E-state index in [0.29, 0.717) is 0 Å². The molecule has 2 N–H and O–H groups in total. The van der Waals surface area contributed by atoms with Gasteiger partial charge in [0.2, 0.25) is 0 Å². The zero-order chi connectivity index (χ0) is 11.8. The number of ether oxygens (including phenoxy) is 1. The fraction of sp³-hybridized carbons (Fsp3) is 0.462. The molecule has 1 rings (SSSR count). The van der Waals surface area contributed by atoms with E-state index in [-0.39, 0.29) is 6.61 Å². The molecule has 0 saturated carbocycles. The zero-order valence-corrected chi connectivity index (χ0v) is 9.65. The van der Waals surface area contributed by atoms with Crippen molar-refractivity contribution in [3.05, 3.63) is 29.8 Å². The van der Waals surface area contributed by atoms with Crippen LogP contribution in [0.5, 0.6) is 5.75 Å². The summed E-state index contributed by atoms with van der Waals surface area (Å²) < 4.78 is 5.37. The third-order valence-electron chi connectivity index (χ3n) is 2.34. The molecule has 0 fully saturated rings. The first-order valence-corrected chi connectivity index (χ1v) is 5.63. The van der Waals surface area contributed by atoms with Gasteiger partial charge in [-0.3, -0.25) is 0 Å². The van der Waals surface area contributed by atoms with Crippen molar-refractivity contribution in [3.8, 4) is 11.8 Å². The Morgan fingerprint density at radius 2 is 2.06 bits per heavy atom. The first-order chi connectivity index (χ1) is 7.76. The molecular weight excluding hydrogens is 200 g/mol. The van der Waals surface area contributed by atoms with Crippen molar-refractivity contribution in [2.75, 3.05) is 6.61 Å². The second kappa shape index (κ2) is 6.86. The van der Waals surface area contributed by atoms with Gasteiger partial charge >= 0.3 is 0 Å². The second-order valence-electron chi connectivity index (χ2n) is 3.79. The van der Waals surface area contributed by atoms with Crippen LogP contribution in [0.25, 0.3) is 0 Å². The Balaban J connectivity index is 2.42. The number of hydrogen-bond acceptors (Lipinski definition) is 3. The molecular formula is C13H18N2O. The van der Waals surface area contributed by atoms with Crippen molar-refractivity contribution in [2.45, 2.75) is 32.2 Å². The van der Waals surface area contributed by atoms with Gasteiger partial charge in [-0.15, -0.1) is 0 Å².